The van der Waals surface area contributed by atoms with Gasteiger partial charge in [-0.05, 0) is 18.2 Å². The van der Waals surface area contributed by atoms with E-state index in [9.17, 15) is 9.59 Å². The average molecular weight is 269 g/mol. The Balaban J connectivity index is 2.27. The lowest BCUT2D eigenvalue weighted by molar-refractivity contribution is -0.123. The molecular formula is C12H13ClN2O3. The summed E-state index contributed by atoms with van der Waals surface area (Å²) < 4.78 is 5.13. The predicted octanol–water partition coefficient (Wildman–Crippen LogP) is 0.921. The highest BCUT2D eigenvalue weighted by molar-refractivity contribution is 6.31. The fourth-order valence-electron chi connectivity index (χ4n) is 1.83. The number of nitrogens with one attached hydrogen (secondary N) is 1. The molecule has 18 heavy (non-hydrogen) atoms. The van der Waals surface area contributed by atoms with E-state index in [1.807, 2.05) is 0 Å². The number of ether oxygens (including phenoxy) is 1. The summed E-state index contributed by atoms with van der Waals surface area (Å²) in [5.74, 6) is 0.0511. The SMILES string of the molecule is COc1ccc(Cl)cc1C(=O)N1CCNC(=O)C1. The van der Waals surface area contributed by atoms with Crippen molar-refractivity contribution < 1.29 is 14.3 Å². The minimum Gasteiger partial charge on any atom is -0.496 e. The number of methoxy groups -OCH3 is 1. The van der Waals surface area contributed by atoms with Gasteiger partial charge in [0.2, 0.25) is 5.91 Å². The highest BCUT2D eigenvalue weighted by atomic mass is 35.5. The Bertz CT molecular complexity index is 490. The van der Waals surface area contributed by atoms with E-state index in [1.54, 1.807) is 18.2 Å². The quantitative estimate of drug-likeness (QED) is 0.868. The molecule has 0 radical (unpaired) electrons. The molecule has 2 amide bonds. The zero-order valence-electron chi connectivity index (χ0n) is 9.90. The molecule has 1 saturated heterocycles. The Morgan fingerprint density at radius 1 is 1.50 bits per heavy atom. The van der Waals surface area contributed by atoms with Gasteiger partial charge < -0.3 is 15.0 Å². The third-order valence-corrected chi connectivity index (χ3v) is 2.95. The number of amides is 2. The van der Waals surface area contributed by atoms with Crippen LogP contribution < -0.4 is 10.1 Å². The van der Waals surface area contributed by atoms with Gasteiger partial charge in [0.05, 0.1) is 19.2 Å². The largest absolute Gasteiger partial charge is 0.496 e. The third kappa shape index (κ3) is 2.56. The second-order valence-electron chi connectivity index (χ2n) is 3.92. The van der Waals surface area contributed by atoms with E-state index in [0.29, 0.717) is 29.4 Å². The molecule has 0 unspecified atom stereocenters. The van der Waals surface area contributed by atoms with Crippen LogP contribution in [0.3, 0.4) is 0 Å². The summed E-state index contributed by atoms with van der Waals surface area (Å²) >= 11 is 5.88. The van der Waals surface area contributed by atoms with Gasteiger partial charge in [-0.3, -0.25) is 9.59 Å². The Kier molecular flexibility index (Phi) is 3.72. The second-order valence-corrected chi connectivity index (χ2v) is 4.36. The van der Waals surface area contributed by atoms with E-state index in [4.69, 9.17) is 16.3 Å². The van der Waals surface area contributed by atoms with Gasteiger partial charge in [-0.2, -0.15) is 0 Å². The molecule has 1 aromatic carbocycles. The molecular weight excluding hydrogens is 256 g/mol. The summed E-state index contributed by atoms with van der Waals surface area (Å²) in [5, 5.41) is 3.13. The van der Waals surface area contributed by atoms with Crippen LogP contribution in [0.25, 0.3) is 0 Å². The molecule has 96 valence electrons. The predicted molar refractivity (Wildman–Crippen MR) is 66.9 cm³/mol. The first-order valence-corrected chi connectivity index (χ1v) is 5.89. The summed E-state index contributed by atoms with van der Waals surface area (Å²) in [6, 6.07) is 4.84. The number of carbonyl (C=O) groups excluding carboxylic acids is 2. The van der Waals surface area contributed by atoms with E-state index in [1.165, 1.54) is 12.0 Å². The zero-order chi connectivity index (χ0) is 13.1. The maximum absolute atomic E-state index is 12.3. The fraction of sp³-hybridized carbons (Fsp3) is 0.333. The van der Waals surface area contributed by atoms with Crippen LogP contribution in [0.4, 0.5) is 0 Å². The van der Waals surface area contributed by atoms with Crippen molar-refractivity contribution in [2.24, 2.45) is 0 Å². The number of halogens is 1. The Morgan fingerprint density at radius 3 is 2.94 bits per heavy atom. The number of piperazine rings is 1. The van der Waals surface area contributed by atoms with Crippen molar-refractivity contribution in [2.45, 2.75) is 0 Å². The molecule has 0 aliphatic carbocycles. The van der Waals surface area contributed by atoms with Crippen LogP contribution in [0.1, 0.15) is 10.4 Å². The number of rotatable bonds is 2. The van der Waals surface area contributed by atoms with Gasteiger partial charge in [0, 0.05) is 18.1 Å². The van der Waals surface area contributed by atoms with Crippen molar-refractivity contribution in [1.82, 2.24) is 10.2 Å². The van der Waals surface area contributed by atoms with Gasteiger partial charge in [0.25, 0.3) is 5.91 Å². The first-order chi connectivity index (χ1) is 8.61. The van der Waals surface area contributed by atoms with E-state index >= 15 is 0 Å². The van der Waals surface area contributed by atoms with Gasteiger partial charge in [-0.25, -0.2) is 0 Å². The third-order valence-electron chi connectivity index (χ3n) is 2.72. The fourth-order valence-corrected chi connectivity index (χ4v) is 2.00. The minimum absolute atomic E-state index is 0.0640. The van der Waals surface area contributed by atoms with Crippen LogP contribution >= 0.6 is 11.6 Å². The molecule has 1 aliphatic rings. The van der Waals surface area contributed by atoms with Gasteiger partial charge in [-0.1, -0.05) is 11.6 Å². The number of benzene rings is 1. The Morgan fingerprint density at radius 2 is 2.28 bits per heavy atom. The number of hydrogen-bond acceptors (Lipinski definition) is 3. The molecule has 0 bridgehead atoms. The van der Waals surface area contributed by atoms with Crippen molar-refractivity contribution in [3.8, 4) is 5.75 Å². The lowest BCUT2D eigenvalue weighted by Gasteiger charge is -2.27. The van der Waals surface area contributed by atoms with E-state index in [2.05, 4.69) is 5.32 Å². The molecule has 1 heterocycles. The van der Waals surface area contributed by atoms with Gasteiger partial charge in [0.1, 0.15) is 5.75 Å². The normalized spacial score (nSPS) is 15.2. The Labute approximate surface area is 110 Å². The molecule has 5 nitrogen and oxygen atoms in total. The standard InChI is InChI=1S/C12H13ClN2O3/c1-18-10-3-2-8(13)6-9(10)12(17)15-5-4-14-11(16)7-15/h2-3,6H,4-5,7H2,1H3,(H,14,16). The lowest BCUT2D eigenvalue weighted by atomic mass is 10.1. The molecule has 0 aromatic heterocycles. The summed E-state index contributed by atoms with van der Waals surface area (Å²) in [6.45, 7) is 1.02. The lowest BCUT2D eigenvalue weighted by Crippen LogP contribution is -2.50. The van der Waals surface area contributed by atoms with Crippen LogP contribution in [-0.4, -0.2) is 43.5 Å². The molecule has 0 saturated carbocycles. The maximum Gasteiger partial charge on any atom is 0.258 e. The summed E-state index contributed by atoms with van der Waals surface area (Å²) in [6.07, 6.45) is 0. The van der Waals surface area contributed by atoms with Crippen molar-refractivity contribution in [2.75, 3.05) is 26.7 Å². The van der Waals surface area contributed by atoms with Crippen molar-refractivity contribution in [3.63, 3.8) is 0 Å². The summed E-state index contributed by atoms with van der Waals surface area (Å²) in [4.78, 5) is 25.0. The first-order valence-electron chi connectivity index (χ1n) is 5.51. The second kappa shape index (κ2) is 5.27. The number of hydrogen-bond donors (Lipinski definition) is 1. The monoisotopic (exact) mass is 268 g/mol. The number of carbonyl (C=O) groups is 2. The van der Waals surface area contributed by atoms with Crippen molar-refractivity contribution >= 4 is 23.4 Å². The number of nitrogens with zero attached hydrogens (tertiary/aromatic N) is 1. The van der Waals surface area contributed by atoms with Crippen molar-refractivity contribution in [3.05, 3.63) is 28.8 Å². The van der Waals surface area contributed by atoms with Crippen LogP contribution in [0.5, 0.6) is 5.75 Å². The molecule has 1 aliphatic heterocycles. The minimum atomic E-state index is -0.246. The van der Waals surface area contributed by atoms with Crippen LogP contribution in [-0.2, 0) is 4.79 Å². The van der Waals surface area contributed by atoms with E-state index in [0.717, 1.165) is 0 Å². The van der Waals surface area contributed by atoms with Crippen LogP contribution in [0.15, 0.2) is 18.2 Å². The van der Waals surface area contributed by atoms with Gasteiger partial charge in [-0.15, -0.1) is 0 Å². The highest BCUT2D eigenvalue weighted by Crippen LogP contribution is 2.24. The first kappa shape index (κ1) is 12.7. The van der Waals surface area contributed by atoms with E-state index in [-0.39, 0.29) is 18.4 Å². The van der Waals surface area contributed by atoms with E-state index < -0.39 is 0 Å². The molecule has 6 heteroatoms. The van der Waals surface area contributed by atoms with Crippen LogP contribution in [0, 0.1) is 0 Å². The maximum atomic E-state index is 12.3. The summed E-state index contributed by atoms with van der Waals surface area (Å²) in [5.41, 5.74) is 0.375. The summed E-state index contributed by atoms with van der Waals surface area (Å²) in [7, 11) is 1.49. The topological polar surface area (TPSA) is 58.6 Å². The van der Waals surface area contributed by atoms with Crippen LogP contribution in [0.2, 0.25) is 5.02 Å². The average Bonchev–Trinajstić information content (AvgIpc) is 2.38. The molecule has 2 rings (SSSR count). The molecule has 0 atom stereocenters. The molecule has 1 fully saturated rings. The van der Waals surface area contributed by atoms with Gasteiger partial charge >= 0.3 is 0 Å². The molecule has 0 spiro atoms. The highest BCUT2D eigenvalue weighted by Gasteiger charge is 2.24. The zero-order valence-corrected chi connectivity index (χ0v) is 10.7. The van der Waals surface area contributed by atoms with Crippen molar-refractivity contribution in [1.29, 1.82) is 0 Å². The molecule has 1 aromatic rings. The smallest absolute Gasteiger partial charge is 0.258 e. The van der Waals surface area contributed by atoms with Gasteiger partial charge in [0.15, 0.2) is 0 Å². The molecule has 1 N–H and O–H groups in total. The Hall–Kier alpha value is -1.75.